The van der Waals surface area contributed by atoms with Crippen molar-refractivity contribution in [1.29, 1.82) is 0 Å². The molecule has 0 unspecified atom stereocenters. The van der Waals surface area contributed by atoms with Gasteiger partial charge in [-0.3, -0.25) is 4.90 Å². The average Bonchev–Trinajstić information content (AvgIpc) is 2.87. The number of aryl methyl sites for hydroxylation is 1. The SMILES string of the molecule is COc1cccc(CN(CCO)Cc2cncn2C)c1F. The predicted octanol–water partition coefficient (Wildman–Crippen LogP) is 1.56. The van der Waals surface area contributed by atoms with Crippen LogP contribution in [0.4, 0.5) is 4.39 Å². The molecule has 0 aliphatic carbocycles. The van der Waals surface area contributed by atoms with Gasteiger partial charge in [0.15, 0.2) is 11.6 Å². The number of aliphatic hydroxyl groups is 1. The number of benzene rings is 1. The highest BCUT2D eigenvalue weighted by Gasteiger charge is 2.14. The zero-order valence-electron chi connectivity index (χ0n) is 12.3. The summed E-state index contributed by atoms with van der Waals surface area (Å²) in [4.78, 5) is 6.03. The Kier molecular flexibility index (Phi) is 5.30. The Morgan fingerprint density at radius 3 is 2.81 bits per heavy atom. The highest BCUT2D eigenvalue weighted by Crippen LogP contribution is 2.21. The van der Waals surface area contributed by atoms with Gasteiger partial charge in [-0.2, -0.15) is 0 Å². The van der Waals surface area contributed by atoms with E-state index in [4.69, 9.17) is 4.74 Å². The third-order valence-electron chi connectivity index (χ3n) is 3.38. The number of hydrogen-bond acceptors (Lipinski definition) is 4. The Labute approximate surface area is 123 Å². The Morgan fingerprint density at radius 1 is 1.38 bits per heavy atom. The molecule has 0 aliphatic heterocycles. The molecule has 1 N–H and O–H groups in total. The van der Waals surface area contributed by atoms with Gasteiger partial charge >= 0.3 is 0 Å². The van der Waals surface area contributed by atoms with Gasteiger partial charge in [0.25, 0.3) is 0 Å². The molecule has 0 saturated heterocycles. The van der Waals surface area contributed by atoms with Gasteiger partial charge in [0.2, 0.25) is 0 Å². The number of imidazole rings is 1. The van der Waals surface area contributed by atoms with Gasteiger partial charge in [-0.1, -0.05) is 12.1 Å². The highest BCUT2D eigenvalue weighted by atomic mass is 19.1. The summed E-state index contributed by atoms with van der Waals surface area (Å²) in [5, 5.41) is 9.20. The van der Waals surface area contributed by atoms with E-state index >= 15 is 0 Å². The predicted molar refractivity (Wildman–Crippen MR) is 77.4 cm³/mol. The molecule has 0 bridgehead atoms. The van der Waals surface area contributed by atoms with Gasteiger partial charge in [0.1, 0.15) is 0 Å². The second-order valence-electron chi connectivity index (χ2n) is 4.86. The Balaban J connectivity index is 2.14. The number of halogens is 1. The molecule has 1 heterocycles. The molecule has 0 spiro atoms. The zero-order chi connectivity index (χ0) is 15.2. The van der Waals surface area contributed by atoms with Gasteiger partial charge < -0.3 is 14.4 Å². The first-order chi connectivity index (χ1) is 10.2. The maximum absolute atomic E-state index is 14.2. The molecule has 5 nitrogen and oxygen atoms in total. The highest BCUT2D eigenvalue weighted by molar-refractivity contribution is 5.31. The van der Waals surface area contributed by atoms with Crippen molar-refractivity contribution >= 4 is 0 Å². The molecule has 1 aromatic carbocycles. The van der Waals surface area contributed by atoms with Crippen molar-refractivity contribution < 1.29 is 14.2 Å². The number of aliphatic hydroxyl groups excluding tert-OH is 1. The van der Waals surface area contributed by atoms with Crippen LogP contribution in [-0.2, 0) is 20.1 Å². The quantitative estimate of drug-likeness (QED) is 0.842. The van der Waals surface area contributed by atoms with E-state index in [-0.39, 0.29) is 18.2 Å². The van der Waals surface area contributed by atoms with E-state index in [1.54, 1.807) is 30.7 Å². The summed E-state index contributed by atoms with van der Waals surface area (Å²) in [6.45, 7) is 1.47. The Morgan fingerprint density at radius 2 is 2.19 bits per heavy atom. The van der Waals surface area contributed by atoms with E-state index in [1.807, 2.05) is 16.5 Å². The summed E-state index contributed by atoms with van der Waals surface area (Å²) in [6.07, 6.45) is 3.49. The Hall–Kier alpha value is -1.92. The molecular weight excluding hydrogens is 273 g/mol. The number of rotatable bonds is 7. The van der Waals surface area contributed by atoms with Crippen LogP contribution in [0, 0.1) is 5.82 Å². The molecule has 0 saturated carbocycles. The van der Waals surface area contributed by atoms with Crippen molar-refractivity contribution in [2.75, 3.05) is 20.3 Å². The van der Waals surface area contributed by atoms with Crippen LogP contribution >= 0.6 is 0 Å². The third-order valence-corrected chi connectivity index (χ3v) is 3.38. The van der Waals surface area contributed by atoms with Crippen LogP contribution in [0.15, 0.2) is 30.7 Å². The summed E-state index contributed by atoms with van der Waals surface area (Å²) < 4.78 is 21.1. The van der Waals surface area contributed by atoms with Gasteiger partial charge in [-0.15, -0.1) is 0 Å². The fourth-order valence-corrected chi connectivity index (χ4v) is 2.20. The summed E-state index contributed by atoms with van der Waals surface area (Å²) in [7, 11) is 3.36. The Bertz CT molecular complexity index is 586. The van der Waals surface area contributed by atoms with E-state index < -0.39 is 0 Å². The molecule has 21 heavy (non-hydrogen) atoms. The van der Waals surface area contributed by atoms with Gasteiger partial charge in [-0.05, 0) is 6.07 Å². The topological polar surface area (TPSA) is 50.5 Å². The van der Waals surface area contributed by atoms with E-state index in [9.17, 15) is 9.50 Å². The van der Waals surface area contributed by atoms with Gasteiger partial charge in [0.05, 0.1) is 25.7 Å². The first-order valence-electron chi connectivity index (χ1n) is 6.75. The molecule has 0 aliphatic rings. The maximum Gasteiger partial charge on any atom is 0.169 e. The minimum atomic E-state index is -0.354. The monoisotopic (exact) mass is 293 g/mol. The van der Waals surface area contributed by atoms with E-state index in [2.05, 4.69) is 4.98 Å². The maximum atomic E-state index is 14.2. The van der Waals surface area contributed by atoms with Crippen LogP contribution in [0.3, 0.4) is 0 Å². The van der Waals surface area contributed by atoms with Gasteiger partial charge in [-0.25, -0.2) is 9.37 Å². The van der Waals surface area contributed by atoms with Crippen LogP contribution in [0.25, 0.3) is 0 Å². The lowest BCUT2D eigenvalue weighted by Gasteiger charge is -2.22. The van der Waals surface area contributed by atoms with Crippen molar-refractivity contribution in [3.63, 3.8) is 0 Å². The van der Waals surface area contributed by atoms with Crippen LogP contribution in [-0.4, -0.2) is 39.8 Å². The number of ether oxygens (including phenoxy) is 1. The van der Waals surface area contributed by atoms with Crippen LogP contribution in [0.5, 0.6) is 5.75 Å². The van der Waals surface area contributed by atoms with E-state index in [0.29, 0.717) is 25.2 Å². The van der Waals surface area contributed by atoms with Crippen molar-refractivity contribution in [3.05, 3.63) is 47.8 Å². The molecule has 6 heteroatoms. The minimum Gasteiger partial charge on any atom is -0.494 e. The number of aromatic nitrogens is 2. The summed E-state index contributed by atoms with van der Waals surface area (Å²) in [6, 6.07) is 5.08. The number of methoxy groups -OCH3 is 1. The lowest BCUT2D eigenvalue weighted by molar-refractivity contribution is 0.180. The normalized spacial score (nSPS) is 11.1. The zero-order valence-corrected chi connectivity index (χ0v) is 12.3. The van der Waals surface area contributed by atoms with Crippen LogP contribution < -0.4 is 4.74 Å². The fourth-order valence-electron chi connectivity index (χ4n) is 2.20. The molecule has 0 atom stereocenters. The van der Waals surface area contributed by atoms with Gasteiger partial charge in [0, 0.05) is 38.4 Å². The molecule has 0 radical (unpaired) electrons. The smallest absolute Gasteiger partial charge is 0.169 e. The molecule has 0 amide bonds. The van der Waals surface area contributed by atoms with E-state index in [1.165, 1.54) is 7.11 Å². The van der Waals surface area contributed by atoms with Crippen molar-refractivity contribution in [3.8, 4) is 5.75 Å². The van der Waals surface area contributed by atoms with E-state index in [0.717, 1.165) is 5.69 Å². The molecule has 1 aromatic heterocycles. The van der Waals surface area contributed by atoms with Crippen molar-refractivity contribution in [2.24, 2.45) is 7.05 Å². The third kappa shape index (κ3) is 3.80. The molecular formula is C15H20FN3O2. The molecule has 2 rings (SSSR count). The second-order valence-corrected chi connectivity index (χ2v) is 4.86. The lowest BCUT2D eigenvalue weighted by Crippen LogP contribution is -2.27. The summed E-state index contributed by atoms with van der Waals surface area (Å²) >= 11 is 0. The first-order valence-corrected chi connectivity index (χ1v) is 6.75. The summed E-state index contributed by atoms with van der Waals surface area (Å²) in [5.74, 6) is -0.120. The average molecular weight is 293 g/mol. The summed E-state index contributed by atoms with van der Waals surface area (Å²) in [5.41, 5.74) is 1.55. The van der Waals surface area contributed by atoms with Crippen LogP contribution in [0.2, 0.25) is 0 Å². The number of hydrogen-bond donors (Lipinski definition) is 1. The second kappa shape index (κ2) is 7.19. The number of nitrogens with zero attached hydrogens (tertiary/aromatic N) is 3. The van der Waals surface area contributed by atoms with Crippen molar-refractivity contribution in [2.45, 2.75) is 13.1 Å². The first kappa shape index (κ1) is 15.5. The van der Waals surface area contributed by atoms with Crippen molar-refractivity contribution in [1.82, 2.24) is 14.5 Å². The molecule has 0 fully saturated rings. The van der Waals surface area contributed by atoms with Crippen LogP contribution in [0.1, 0.15) is 11.3 Å². The molecule has 2 aromatic rings. The minimum absolute atomic E-state index is 0.0173. The molecule has 114 valence electrons. The largest absolute Gasteiger partial charge is 0.494 e. The fraction of sp³-hybridized carbons (Fsp3) is 0.400. The lowest BCUT2D eigenvalue weighted by atomic mass is 10.1. The standard InChI is InChI=1S/C15H20FN3O2/c1-18-11-17-8-13(18)10-19(6-7-20)9-12-4-3-5-14(21-2)15(12)16/h3-5,8,11,20H,6-7,9-10H2,1-2H3.